The maximum atomic E-state index is 12.7. The summed E-state index contributed by atoms with van der Waals surface area (Å²) in [5.74, 6) is 0.702. The van der Waals surface area contributed by atoms with Crippen molar-refractivity contribution in [3.63, 3.8) is 0 Å². The number of fused-ring (bicyclic) bond motifs is 1. The van der Waals surface area contributed by atoms with Crippen molar-refractivity contribution in [2.45, 2.75) is 31.6 Å². The topological polar surface area (TPSA) is 69.7 Å². The summed E-state index contributed by atoms with van der Waals surface area (Å²) in [6.07, 6.45) is 1.68. The smallest absolute Gasteiger partial charge is 0.339 e. The second-order valence-electron chi connectivity index (χ2n) is 7.77. The summed E-state index contributed by atoms with van der Waals surface area (Å²) in [4.78, 5) is 12.7. The lowest BCUT2D eigenvalue weighted by molar-refractivity contribution is 0.101. The lowest BCUT2D eigenvalue weighted by atomic mass is 10.0. The van der Waals surface area contributed by atoms with Crippen LogP contribution >= 0.6 is 0 Å². The van der Waals surface area contributed by atoms with E-state index in [-0.39, 0.29) is 27.9 Å². The predicted molar refractivity (Wildman–Crippen MR) is 119 cm³/mol. The van der Waals surface area contributed by atoms with Crippen LogP contribution < -0.4 is 8.92 Å². The van der Waals surface area contributed by atoms with Gasteiger partial charge in [-0.25, -0.2) is 0 Å². The SMILES string of the molecule is Cc1ccc(S(=O)(=O)Oc2ccc3c(c2)OC(=Cc2ccc(C(C)C)cc2)C3=O)cc1. The number of aryl methyl sites for hydroxylation is 1. The molecule has 0 aliphatic carbocycles. The minimum atomic E-state index is -3.99. The Morgan fingerprint density at radius 2 is 1.61 bits per heavy atom. The lowest BCUT2D eigenvalue weighted by Crippen LogP contribution is -2.09. The zero-order chi connectivity index (χ0) is 22.2. The standard InChI is InChI=1S/C25H22O5S/c1-16(2)19-8-6-18(7-9-19)14-24-25(26)22-13-10-20(15-23(22)29-24)30-31(27,28)21-11-4-17(3)5-12-21/h4-16H,1-3H3. The quantitative estimate of drug-likeness (QED) is 0.392. The Kier molecular flexibility index (Phi) is 5.41. The van der Waals surface area contributed by atoms with Gasteiger partial charge in [-0.15, -0.1) is 0 Å². The predicted octanol–water partition coefficient (Wildman–Crippen LogP) is 5.50. The summed E-state index contributed by atoms with van der Waals surface area (Å²) < 4.78 is 36.0. The highest BCUT2D eigenvalue weighted by molar-refractivity contribution is 7.87. The molecular formula is C25H22O5S. The fourth-order valence-corrected chi connectivity index (χ4v) is 4.15. The second-order valence-corrected chi connectivity index (χ2v) is 9.32. The molecule has 4 rings (SSSR count). The van der Waals surface area contributed by atoms with Crippen LogP contribution in [0.3, 0.4) is 0 Å². The van der Waals surface area contributed by atoms with Crippen LogP contribution in [0.25, 0.3) is 6.08 Å². The van der Waals surface area contributed by atoms with E-state index in [1.54, 1.807) is 18.2 Å². The van der Waals surface area contributed by atoms with E-state index in [9.17, 15) is 13.2 Å². The molecule has 0 aromatic heterocycles. The van der Waals surface area contributed by atoms with Gasteiger partial charge in [-0.3, -0.25) is 4.79 Å². The van der Waals surface area contributed by atoms with Crippen LogP contribution in [0.4, 0.5) is 0 Å². The Bertz CT molecular complexity index is 1270. The van der Waals surface area contributed by atoms with Crippen molar-refractivity contribution in [3.8, 4) is 11.5 Å². The van der Waals surface area contributed by atoms with Crippen LogP contribution in [0.15, 0.2) is 77.4 Å². The molecule has 0 atom stereocenters. The van der Waals surface area contributed by atoms with Crippen LogP contribution in [-0.2, 0) is 10.1 Å². The average Bonchev–Trinajstić information content (AvgIpc) is 3.03. The molecule has 3 aromatic rings. The first kappa shape index (κ1) is 20.9. The molecule has 1 heterocycles. The van der Waals surface area contributed by atoms with E-state index >= 15 is 0 Å². The number of ketones is 1. The third-order valence-electron chi connectivity index (χ3n) is 5.06. The number of hydrogen-bond donors (Lipinski definition) is 0. The van der Waals surface area contributed by atoms with E-state index < -0.39 is 10.1 Å². The molecule has 3 aromatic carbocycles. The molecule has 0 bridgehead atoms. The van der Waals surface area contributed by atoms with Gasteiger partial charge in [0.2, 0.25) is 5.78 Å². The van der Waals surface area contributed by atoms with Crippen LogP contribution in [0.2, 0.25) is 0 Å². The van der Waals surface area contributed by atoms with Gasteiger partial charge in [-0.05, 0) is 54.3 Å². The van der Waals surface area contributed by atoms with E-state index in [0.29, 0.717) is 11.5 Å². The van der Waals surface area contributed by atoms with E-state index in [4.69, 9.17) is 8.92 Å². The molecule has 158 valence electrons. The van der Waals surface area contributed by atoms with Gasteiger partial charge in [0.15, 0.2) is 5.76 Å². The number of ether oxygens (including phenoxy) is 1. The van der Waals surface area contributed by atoms with Crippen molar-refractivity contribution in [3.05, 3.63) is 94.7 Å². The summed E-state index contributed by atoms with van der Waals surface area (Å²) in [5, 5.41) is 0. The first-order chi connectivity index (χ1) is 14.7. The average molecular weight is 435 g/mol. The van der Waals surface area contributed by atoms with Crippen LogP contribution in [-0.4, -0.2) is 14.2 Å². The molecular weight excluding hydrogens is 412 g/mol. The maximum Gasteiger partial charge on any atom is 0.339 e. The van der Waals surface area contributed by atoms with Gasteiger partial charge in [0.25, 0.3) is 0 Å². The molecule has 0 saturated heterocycles. The molecule has 0 radical (unpaired) electrons. The normalized spacial score (nSPS) is 14.6. The molecule has 0 amide bonds. The van der Waals surface area contributed by atoms with E-state index in [1.807, 2.05) is 31.2 Å². The van der Waals surface area contributed by atoms with Crippen LogP contribution in [0.1, 0.15) is 46.8 Å². The third kappa shape index (κ3) is 4.39. The summed E-state index contributed by atoms with van der Waals surface area (Å²) in [6, 6.07) is 18.7. The Morgan fingerprint density at radius 3 is 2.26 bits per heavy atom. The zero-order valence-corrected chi connectivity index (χ0v) is 18.3. The van der Waals surface area contributed by atoms with Crippen molar-refractivity contribution in [2.75, 3.05) is 0 Å². The highest BCUT2D eigenvalue weighted by atomic mass is 32.2. The monoisotopic (exact) mass is 434 g/mol. The van der Waals surface area contributed by atoms with Crippen molar-refractivity contribution in [1.29, 1.82) is 0 Å². The molecule has 6 heteroatoms. The Labute approximate surface area is 182 Å². The van der Waals surface area contributed by atoms with Crippen molar-refractivity contribution >= 4 is 22.0 Å². The Balaban J connectivity index is 1.56. The van der Waals surface area contributed by atoms with Gasteiger partial charge in [0.1, 0.15) is 16.4 Å². The first-order valence-corrected chi connectivity index (χ1v) is 11.3. The summed E-state index contributed by atoms with van der Waals surface area (Å²) in [6.45, 7) is 6.11. The molecule has 0 unspecified atom stereocenters. The van der Waals surface area contributed by atoms with Gasteiger partial charge in [-0.1, -0.05) is 55.8 Å². The fraction of sp³-hybridized carbons (Fsp3) is 0.160. The van der Waals surface area contributed by atoms with Crippen LogP contribution in [0.5, 0.6) is 11.5 Å². The number of allylic oxidation sites excluding steroid dienone is 1. The fourth-order valence-electron chi connectivity index (χ4n) is 3.23. The number of carbonyl (C=O) groups excluding carboxylic acids is 1. The van der Waals surface area contributed by atoms with Gasteiger partial charge in [0, 0.05) is 6.07 Å². The molecule has 0 saturated carbocycles. The number of carbonyl (C=O) groups is 1. The van der Waals surface area contributed by atoms with Crippen molar-refractivity contribution in [1.82, 2.24) is 0 Å². The molecule has 31 heavy (non-hydrogen) atoms. The minimum absolute atomic E-state index is 0.0565. The highest BCUT2D eigenvalue weighted by Gasteiger charge is 2.28. The Morgan fingerprint density at radius 1 is 0.935 bits per heavy atom. The molecule has 1 aliphatic rings. The highest BCUT2D eigenvalue weighted by Crippen LogP contribution is 2.35. The number of hydrogen-bond acceptors (Lipinski definition) is 5. The summed E-state index contributed by atoms with van der Waals surface area (Å²) in [7, 11) is -3.99. The lowest BCUT2D eigenvalue weighted by Gasteiger charge is -2.08. The van der Waals surface area contributed by atoms with Gasteiger partial charge < -0.3 is 8.92 Å². The van der Waals surface area contributed by atoms with Gasteiger partial charge >= 0.3 is 10.1 Å². The third-order valence-corrected chi connectivity index (χ3v) is 6.32. The first-order valence-electron chi connectivity index (χ1n) is 9.92. The number of rotatable bonds is 5. The summed E-state index contributed by atoms with van der Waals surface area (Å²) >= 11 is 0. The summed E-state index contributed by atoms with van der Waals surface area (Å²) in [5.41, 5.74) is 3.37. The zero-order valence-electron chi connectivity index (χ0n) is 17.5. The second kappa shape index (κ2) is 8.04. The largest absolute Gasteiger partial charge is 0.452 e. The van der Waals surface area contributed by atoms with Crippen molar-refractivity contribution < 1.29 is 22.1 Å². The molecule has 0 N–H and O–H groups in total. The molecule has 5 nitrogen and oxygen atoms in total. The minimum Gasteiger partial charge on any atom is -0.452 e. The Hall–Kier alpha value is -3.38. The van der Waals surface area contributed by atoms with E-state index in [1.165, 1.54) is 35.9 Å². The van der Waals surface area contributed by atoms with Gasteiger partial charge in [-0.2, -0.15) is 8.42 Å². The van der Waals surface area contributed by atoms with Crippen molar-refractivity contribution in [2.24, 2.45) is 0 Å². The molecule has 0 fully saturated rings. The van der Waals surface area contributed by atoms with E-state index in [2.05, 4.69) is 13.8 Å². The van der Waals surface area contributed by atoms with Crippen LogP contribution in [0, 0.1) is 6.92 Å². The molecule has 0 spiro atoms. The van der Waals surface area contributed by atoms with Gasteiger partial charge in [0.05, 0.1) is 5.56 Å². The number of benzene rings is 3. The molecule has 1 aliphatic heterocycles. The maximum absolute atomic E-state index is 12.7. The van der Waals surface area contributed by atoms with E-state index in [0.717, 1.165) is 11.1 Å². The number of Topliss-reactive ketones (excluding diaryl/α,β-unsaturated/α-hetero) is 1.